The number of hydrogen-bond donors (Lipinski definition) is 1. The van der Waals surface area contributed by atoms with Gasteiger partial charge in [-0.15, -0.1) is 11.3 Å². The summed E-state index contributed by atoms with van der Waals surface area (Å²) in [4.78, 5) is 1.34. The molecular formula is C11H15Cl2NS. The molecule has 0 amide bonds. The number of halogens is 2. The van der Waals surface area contributed by atoms with Crippen molar-refractivity contribution in [1.82, 2.24) is 5.32 Å². The van der Waals surface area contributed by atoms with Gasteiger partial charge >= 0.3 is 0 Å². The van der Waals surface area contributed by atoms with Gasteiger partial charge < -0.3 is 5.32 Å². The Morgan fingerprint density at radius 2 is 2.33 bits per heavy atom. The summed E-state index contributed by atoms with van der Waals surface area (Å²) in [5, 5.41) is 6.12. The molecule has 1 rings (SSSR count). The molecule has 84 valence electrons. The van der Waals surface area contributed by atoms with Gasteiger partial charge in [0.1, 0.15) is 0 Å². The van der Waals surface area contributed by atoms with Crippen molar-refractivity contribution in [3.63, 3.8) is 0 Å². The van der Waals surface area contributed by atoms with Gasteiger partial charge in [0, 0.05) is 28.0 Å². The van der Waals surface area contributed by atoms with E-state index in [4.69, 9.17) is 23.2 Å². The minimum absolute atomic E-state index is 0.343. The fraction of sp³-hybridized carbons (Fsp3) is 0.455. The van der Waals surface area contributed by atoms with Crippen LogP contribution in [0.3, 0.4) is 0 Å². The SMILES string of the molecule is CC(C)C(NCC(Cl)=CCl)c1cccs1. The Hall–Kier alpha value is -0.0200. The van der Waals surface area contributed by atoms with Crippen molar-refractivity contribution in [3.8, 4) is 0 Å². The Balaban J connectivity index is 2.60. The minimum atomic E-state index is 0.343. The highest BCUT2D eigenvalue weighted by Gasteiger charge is 2.15. The Morgan fingerprint density at radius 3 is 2.80 bits per heavy atom. The van der Waals surface area contributed by atoms with Crippen molar-refractivity contribution in [3.05, 3.63) is 33.0 Å². The largest absolute Gasteiger partial charge is 0.304 e. The maximum atomic E-state index is 5.85. The second-order valence-electron chi connectivity index (χ2n) is 3.67. The predicted octanol–water partition coefficient (Wildman–Crippen LogP) is 4.35. The van der Waals surface area contributed by atoms with Gasteiger partial charge in [0.2, 0.25) is 0 Å². The smallest absolute Gasteiger partial charge is 0.0441 e. The molecule has 0 saturated heterocycles. The Labute approximate surface area is 105 Å². The zero-order chi connectivity index (χ0) is 11.3. The molecule has 0 radical (unpaired) electrons. The van der Waals surface area contributed by atoms with Crippen LogP contribution in [-0.2, 0) is 0 Å². The Kier molecular flexibility index (Phi) is 5.69. The molecule has 4 heteroatoms. The zero-order valence-corrected chi connectivity index (χ0v) is 11.2. The molecule has 1 nitrogen and oxygen atoms in total. The van der Waals surface area contributed by atoms with E-state index in [0.717, 1.165) is 0 Å². The van der Waals surface area contributed by atoms with Gasteiger partial charge in [-0.2, -0.15) is 0 Å². The fourth-order valence-electron chi connectivity index (χ4n) is 1.38. The molecule has 0 aromatic carbocycles. The first kappa shape index (κ1) is 13.0. The van der Waals surface area contributed by atoms with Gasteiger partial charge in [-0.1, -0.05) is 43.1 Å². The molecule has 1 aromatic heterocycles. The fourth-order valence-corrected chi connectivity index (χ4v) is 2.51. The van der Waals surface area contributed by atoms with Crippen LogP contribution in [-0.4, -0.2) is 6.54 Å². The van der Waals surface area contributed by atoms with Crippen LogP contribution in [0.25, 0.3) is 0 Å². The van der Waals surface area contributed by atoms with Crippen LogP contribution in [0.4, 0.5) is 0 Å². The first-order chi connectivity index (χ1) is 7.15. The molecular weight excluding hydrogens is 249 g/mol. The van der Waals surface area contributed by atoms with Crippen molar-refractivity contribution >= 4 is 34.5 Å². The molecule has 1 aromatic rings. The first-order valence-electron chi connectivity index (χ1n) is 4.86. The summed E-state index contributed by atoms with van der Waals surface area (Å²) in [6.07, 6.45) is 0. The summed E-state index contributed by atoms with van der Waals surface area (Å²) in [6, 6.07) is 4.55. The highest BCUT2D eigenvalue weighted by Crippen LogP contribution is 2.25. The summed E-state index contributed by atoms with van der Waals surface area (Å²) in [7, 11) is 0. The highest BCUT2D eigenvalue weighted by atomic mass is 35.5. The maximum Gasteiger partial charge on any atom is 0.0441 e. The van der Waals surface area contributed by atoms with Gasteiger partial charge in [0.05, 0.1) is 0 Å². The third kappa shape index (κ3) is 4.15. The summed E-state index contributed by atoms with van der Waals surface area (Å²) in [5.41, 5.74) is 1.40. The number of nitrogens with one attached hydrogen (secondary N) is 1. The molecule has 1 unspecified atom stereocenters. The van der Waals surface area contributed by atoms with Crippen LogP contribution in [0.1, 0.15) is 24.8 Å². The van der Waals surface area contributed by atoms with Gasteiger partial charge in [0.25, 0.3) is 0 Å². The third-order valence-electron chi connectivity index (χ3n) is 2.13. The van der Waals surface area contributed by atoms with E-state index in [1.165, 1.54) is 10.4 Å². The van der Waals surface area contributed by atoms with Crippen molar-refractivity contribution in [2.75, 3.05) is 6.54 Å². The number of rotatable bonds is 5. The molecule has 0 aliphatic rings. The van der Waals surface area contributed by atoms with Crippen LogP contribution in [0.2, 0.25) is 0 Å². The molecule has 0 aliphatic heterocycles. The lowest BCUT2D eigenvalue weighted by atomic mass is 10.0. The van der Waals surface area contributed by atoms with Gasteiger partial charge in [-0.25, -0.2) is 0 Å². The van der Waals surface area contributed by atoms with Crippen molar-refractivity contribution in [1.29, 1.82) is 0 Å². The summed E-state index contributed by atoms with van der Waals surface area (Å²) < 4.78 is 0. The summed E-state index contributed by atoms with van der Waals surface area (Å²) in [5.74, 6) is 0.531. The van der Waals surface area contributed by atoms with E-state index in [9.17, 15) is 0 Å². The van der Waals surface area contributed by atoms with Crippen LogP contribution >= 0.6 is 34.5 Å². The van der Waals surface area contributed by atoms with E-state index in [1.807, 2.05) is 0 Å². The normalized spacial score (nSPS) is 14.6. The highest BCUT2D eigenvalue weighted by molar-refractivity contribution is 7.10. The van der Waals surface area contributed by atoms with Crippen LogP contribution < -0.4 is 5.32 Å². The molecule has 0 saturated carbocycles. The van der Waals surface area contributed by atoms with E-state index >= 15 is 0 Å². The van der Waals surface area contributed by atoms with E-state index < -0.39 is 0 Å². The molecule has 1 heterocycles. The molecule has 1 atom stereocenters. The van der Waals surface area contributed by atoms with Crippen LogP contribution in [0, 0.1) is 5.92 Å². The van der Waals surface area contributed by atoms with Crippen LogP contribution in [0.5, 0.6) is 0 Å². The third-order valence-corrected chi connectivity index (χ3v) is 3.70. The lowest BCUT2D eigenvalue weighted by Crippen LogP contribution is -2.26. The molecule has 15 heavy (non-hydrogen) atoms. The second-order valence-corrected chi connectivity index (χ2v) is 5.36. The van der Waals surface area contributed by atoms with E-state index in [-0.39, 0.29) is 0 Å². The Bertz CT molecular complexity index is 306. The van der Waals surface area contributed by atoms with Crippen LogP contribution in [0.15, 0.2) is 28.1 Å². The van der Waals surface area contributed by atoms with Crippen molar-refractivity contribution < 1.29 is 0 Å². The molecule has 0 spiro atoms. The summed E-state index contributed by atoms with van der Waals surface area (Å²) >= 11 is 13.1. The first-order valence-corrected chi connectivity index (χ1v) is 6.56. The monoisotopic (exact) mass is 263 g/mol. The maximum absolute atomic E-state index is 5.85. The van der Waals surface area contributed by atoms with Gasteiger partial charge in [0.15, 0.2) is 0 Å². The molecule has 0 aliphatic carbocycles. The number of thiophene rings is 1. The topological polar surface area (TPSA) is 12.0 Å². The Morgan fingerprint density at radius 1 is 1.60 bits per heavy atom. The van der Waals surface area contributed by atoms with Gasteiger partial charge in [-0.3, -0.25) is 0 Å². The van der Waals surface area contributed by atoms with E-state index in [2.05, 4.69) is 36.7 Å². The lowest BCUT2D eigenvalue weighted by Gasteiger charge is -2.20. The molecule has 0 fully saturated rings. The average Bonchev–Trinajstić information content (AvgIpc) is 2.70. The lowest BCUT2D eigenvalue weighted by molar-refractivity contribution is 0.434. The molecule has 0 bridgehead atoms. The van der Waals surface area contributed by atoms with Crippen molar-refractivity contribution in [2.45, 2.75) is 19.9 Å². The minimum Gasteiger partial charge on any atom is -0.304 e. The number of hydrogen-bond acceptors (Lipinski definition) is 2. The second kappa shape index (κ2) is 6.54. The quantitative estimate of drug-likeness (QED) is 0.833. The van der Waals surface area contributed by atoms with E-state index in [1.54, 1.807) is 11.3 Å². The molecule has 1 N–H and O–H groups in total. The average molecular weight is 264 g/mol. The van der Waals surface area contributed by atoms with Gasteiger partial charge in [-0.05, 0) is 17.4 Å². The predicted molar refractivity (Wildman–Crippen MR) is 69.7 cm³/mol. The van der Waals surface area contributed by atoms with Crippen molar-refractivity contribution in [2.24, 2.45) is 5.92 Å². The zero-order valence-electron chi connectivity index (χ0n) is 8.84. The standard InChI is InChI=1S/C11H15Cl2NS/c1-8(2)11(10-4-3-5-15-10)14-7-9(13)6-12/h3-6,8,11,14H,7H2,1-2H3. The van der Waals surface area contributed by atoms with E-state index in [0.29, 0.717) is 23.5 Å². The summed E-state index contributed by atoms with van der Waals surface area (Å²) in [6.45, 7) is 5.00.